The van der Waals surface area contributed by atoms with Crippen LogP contribution in [0.4, 0.5) is 5.69 Å². The van der Waals surface area contributed by atoms with Crippen molar-refractivity contribution in [3.63, 3.8) is 0 Å². The van der Waals surface area contributed by atoms with Crippen LogP contribution in [0.3, 0.4) is 0 Å². The van der Waals surface area contributed by atoms with Gasteiger partial charge in [0.25, 0.3) is 5.91 Å². The summed E-state index contributed by atoms with van der Waals surface area (Å²) in [7, 11) is 1.63. The van der Waals surface area contributed by atoms with Crippen LogP contribution in [0.2, 0.25) is 5.02 Å². The number of benzene rings is 2. The fraction of sp³-hybridized carbons (Fsp3) is 0.0667. The lowest BCUT2D eigenvalue weighted by Crippen LogP contribution is -2.26. The Labute approximate surface area is 121 Å². The second kappa shape index (κ2) is 5.75. The molecule has 0 heterocycles. The minimum atomic E-state index is -0.997. The summed E-state index contributed by atoms with van der Waals surface area (Å²) in [6.45, 7) is 0. The number of carboxylic acid groups (broad SMARTS) is 1. The third kappa shape index (κ3) is 2.97. The first-order valence-electron chi connectivity index (χ1n) is 5.86. The van der Waals surface area contributed by atoms with Gasteiger partial charge >= 0.3 is 5.97 Å². The number of aromatic carboxylic acids is 1. The molecule has 0 aliphatic rings. The maximum absolute atomic E-state index is 12.2. The minimum Gasteiger partial charge on any atom is -0.478 e. The molecule has 2 aromatic rings. The van der Waals surface area contributed by atoms with E-state index in [1.54, 1.807) is 43.4 Å². The van der Waals surface area contributed by atoms with Crippen LogP contribution < -0.4 is 4.90 Å². The van der Waals surface area contributed by atoms with E-state index in [0.717, 1.165) is 0 Å². The van der Waals surface area contributed by atoms with E-state index in [1.165, 1.54) is 17.0 Å². The highest BCUT2D eigenvalue weighted by Crippen LogP contribution is 2.18. The highest BCUT2D eigenvalue weighted by molar-refractivity contribution is 6.30. The zero-order valence-electron chi connectivity index (χ0n) is 10.7. The third-order valence-corrected chi connectivity index (χ3v) is 3.15. The van der Waals surface area contributed by atoms with Gasteiger partial charge in [0.15, 0.2) is 0 Å². The molecule has 0 radical (unpaired) electrons. The molecule has 0 aromatic heterocycles. The Morgan fingerprint density at radius 3 is 1.95 bits per heavy atom. The molecule has 0 bridgehead atoms. The summed E-state index contributed by atoms with van der Waals surface area (Å²) in [5.74, 6) is -1.19. The van der Waals surface area contributed by atoms with E-state index in [2.05, 4.69) is 0 Å². The minimum absolute atomic E-state index is 0.182. The standard InChI is InChI=1S/C15H12ClNO3/c1-17(13-8-4-11(5-9-13)15(19)20)14(18)10-2-6-12(16)7-3-10/h2-9H,1H3,(H,19,20). The van der Waals surface area contributed by atoms with Crippen molar-refractivity contribution >= 4 is 29.2 Å². The molecule has 1 N–H and O–H groups in total. The van der Waals surface area contributed by atoms with Crippen molar-refractivity contribution in [3.8, 4) is 0 Å². The van der Waals surface area contributed by atoms with Gasteiger partial charge in [-0.3, -0.25) is 4.79 Å². The van der Waals surface area contributed by atoms with Gasteiger partial charge in [0.2, 0.25) is 0 Å². The molecule has 0 atom stereocenters. The number of carbonyl (C=O) groups excluding carboxylic acids is 1. The van der Waals surface area contributed by atoms with Crippen molar-refractivity contribution in [2.45, 2.75) is 0 Å². The Balaban J connectivity index is 2.22. The highest BCUT2D eigenvalue weighted by atomic mass is 35.5. The summed E-state index contributed by atoms with van der Waals surface area (Å²) in [6.07, 6.45) is 0. The normalized spacial score (nSPS) is 10.1. The lowest BCUT2D eigenvalue weighted by Gasteiger charge is -2.17. The van der Waals surface area contributed by atoms with Crippen LogP contribution in [-0.4, -0.2) is 24.0 Å². The molecule has 4 nitrogen and oxygen atoms in total. The predicted molar refractivity (Wildman–Crippen MR) is 77.6 cm³/mol. The summed E-state index contributed by atoms with van der Waals surface area (Å²) < 4.78 is 0. The number of nitrogens with zero attached hydrogens (tertiary/aromatic N) is 1. The molecule has 5 heteroatoms. The number of anilines is 1. The van der Waals surface area contributed by atoms with Crippen LogP contribution in [0.1, 0.15) is 20.7 Å². The predicted octanol–water partition coefficient (Wildman–Crippen LogP) is 3.31. The zero-order chi connectivity index (χ0) is 14.7. The monoisotopic (exact) mass is 289 g/mol. The van der Waals surface area contributed by atoms with Gasteiger partial charge in [-0.15, -0.1) is 0 Å². The first-order valence-corrected chi connectivity index (χ1v) is 6.24. The van der Waals surface area contributed by atoms with E-state index in [9.17, 15) is 9.59 Å². The molecule has 0 fully saturated rings. The summed E-state index contributed by atoms with van der Waals surface area (Å²) >= 11 is 5.78. The molecular weight excluding hydrogens is 278 g/mol. The fourth-order valence-corrected chi connectivity index (χ4v) is 1.86. The molecule has 2 rings (SSSR count). The van der Waals surface area contributed by atoms with Gasteiger partial charge < -0.3 is 10.0 Å². The molecule has 0 saturated carbocycles. The molecule has 0 aliphatic heterocycles. The van der Waals surface area contributed by atoms with Crippen LogP contribution in [0, 0.1) is 0 Å². The molecule has 0 saturated heterocycles. The van der Waals surface area contributed by atoms with E-state index in [0.29, 0.717) is 16.3 Å². The van der Waals surface area contributed by atoms with Gasteiger partial charge in [-0.2, -0.15) is 0 Å². The number of carboxylic acids is 1. The topological polar surface area (TPSA) is 57.6 Å². The Hall–Kier alpha value is -2.33. The van der Waals surface area contributed by atoms with Crippen molar-refractivity contribution in [1.82, 2.24) is 0 Å². The van der Waals surface area contributed by atoms with Gasteiger partial charge in [0.05, 0.1) is 5.56 Å². The fourth-order valence-electron chi connectivity index (χ4n) is 1.73. The summed E-state index contributed by atoms with van der Waals surface area (Å²) in [4.78, 5) is 24.5. The number of hydrogen-bond acceptors (Lipinski definition) is 2. The lowest BCUT2D eigenvalue weighted by molar-refractivity contribution is 0.0696. The number of halogens is 1. The molecule has 1 amide bonds. The smallest absolute Gasteiger partial charge is 0.335 e. The average Bonchev–Trinajstić information content (AvgIpc) is 2.46. The highest BCUT2D eigenvalue weighted by Gasteiger charge is 2.13. The number of carbonyl (C=O) groups is 2. The first kappa shape index (κ1) is 14.1. The second-order valence-electron chi connectivity index (χ2n) is 4.22. The van der Waals surface area contributed by atoms with Crippen molar-refractivity contribution in [2.75, 3.05) is 11.9 Å². The van der Waals surface area contributed by atoms with E-state index in [1.807, 2.05) is 0 Å². The molecule has 20 heavy (non-hydrogen) atoms. The van der Waals surface area contributed by atoms with Crippen LogP contribution in [0.15, 0.2) is 48.5 Å². The van der Waals surface area contributed by atoms with E-state index < -0.39 is 5.97 Å². The van der Waals surface area contributed by atoms with Gasteiger partial charge in [0, 0.05) is 23.3 Å². The molecule has 0 aliphatic carbocycles. The Morgan fingerprint density at radius 2 is 1.45 bits per heavy atom. The van der Waals surface area contributed by atoms with Crippen molar-refractivity contribution in [2.24, 2.45) is 0 Å². The maximum atomic E-state index is 12.2. The summed E-state index contributed by atoms with van der Waals surface area (Å²) in [5.41, 5.74) is 1.32. The quantitative estimate of drug-likeness (QED) is 0.943. The Kier molecular flexibility index (Phi) is 4.05. The van der Waals surface area contributed by atoms with Crippen molar-refractivity contribution in [1.29, 1.82) is 0 Å². The largest absolute Gasteiger partial charge is 0.478 e. The zero-order valence-corrected chi connectivity index (χ0v) is 11.5. The van der Waals surface area contributed by atoms with Crippen LogP contribution in [-0.2, 0) is 0 Å². The van der Waals surface area contributed by atoms with Gasteiger partial charge in [-0.05, 0) is 48.5 Å². The lowest BCUT2D eigenvalue weighted by atomic mass is 10.1. The molecule has 102 valence electrons. The molecule has 0 spiro atoms. The van der Waals surface area contributed by atoms with Gasteiger partial charge in [-0.25, -0.2) is 4.79 Å². The van der Waals surface area contributed by atoms with E-state index in [4.69, 9.17) is 16.7 Å². The molecule has 2 aromatic carbocycles. The van der Waals surface area contributed by atoms with Gasteiger partial charge in [0.1, 0.15) is 0 Å². The summed E-state index contributed by atoms with van der Waals surface area (Å²) in [5, 5.41) is 9.40. The first-order chi connectivity index (χ1) is 9.49. The number of hydrogen-bond donors (Lipinski definition) is 1. The van der Waals surface area contributed by atoms with Crippen LogP contribution >= 0.6 is 11.6 Å². The van der Waals surface area contributed by atoms with E-state index in [-0.39, 0.29) is 11.5 Å². The number of amides is 1. The van der Waals surface area contributed by atoms with Crippen molar-refractivity contribution < 1.29 is 14.7 Å². The Morgan fingerprint density at radius 1 is 0.950 bits per heavy atom. The Bertz CT molecular complexity index is 635. The van der Waals surface area contributed by atoms with Crippen LogP contribution in [0.25, 0.3) is 0 Å². The molecular formula is C15H12ClNO3. The third-order valence-electron chi connectivity index (χ3n) is 2.90. The van der Waals surface area contributed by atoms with Crippen LogP contribution in [0.5, 0.6) is 0 Å². The van der Waals surface area contributed by atoms with E-state index >= 15 is 0 Å². The molecule has 0 unspecified atom stereocenters. The number of rotatable bonds is 3. The second-order valence-corrected chi connectivity index (χ2v) is 4.66. The van der Waals surface area contributed by atoms with Crippen molar-refractivity contribution in [3.05, 3.63) is 64.7 Å². The maximum Gasteiger partial charge on any atom is 0.335 e. The van der Waals surface area contributed by atoms with Gasteiger partial charge in [-0.1, -0.05) is 11.6 Å². The SMILES string of the molecule is CN(C(=O)c1ccc(Cl)cc1)c1ccc(C(=O)O)cc1. The average molecular weight is 290 g/mol. The summed E-state index contributed by atoms with van der Waals surface area (Å²) in [6, 6.07) is 12.7.